The van der Waals surface area contributed by atoms with Gasteiger partial charge in [-0.05, 0) is 12.0 Å². The monoisotopic (exact) mass is 234 g/mol. The predicted octanol–water partition coefficient (Wildman–Crippen LogP) is 0.667. The van der Waals surface area contributed by atoms with Crippen molar-refractivity contribution >= 4 is 5.91 Å². The van der Waals surface area contributed by atoms with Gasteiger partial charge in [0, 0.05) is 19.1 Å². The van der Waals surface area contributed by atoms with E-state index in [4.69, 9.17) is 10.5 Å². The van der Waals surface area contributed by atoms with Crippen LogP contribution in [0, 0.1) is 5.92 Å². The first-order valence-electron chi connectivity index (χ1n) is 5.92. The number of nitrogens with one attached hydrogen (secondary N) is 1. The summed E-state index contributed by atoms with van der Waals surface area (Å²) < 4.78 is 5.29. The summed E-state index contributed by atoms with van der Waals surface area (Å²) in [6.45, 7) is 2.00. The van der Waals surface area contributed by atoms with Crippen molar-refractivity contribution in [3.05, 3.63) is 35.9 Å². The van der Waals surface area contributed by atoms with E-state index in [1.54, 1.807) is 0 Å². The minimum Gasteiger partial charge on any atom is -0.381 e. The fourth-order valence-electron chi connectivity index (χ4n) is 2.14. The van der Waals surface area contributed by atoms with Crippen molar-refractivity contribution < 1.29 is 9.53 Å². The third-order valence-corrected chi connectivity index (χ3v) is 3.11. The number of amides is 1. The Morgan fingerprint density at radius 2 is 2.24 bits per heavy atom. The Morgan fingerprint density at radius 1 is 1.47 bits per heavy atom. The van der Waals surface area contributed by atoms with Crippen LogP contribution in [0.4, 0.5) is 0 Å². The maximum atomic E-state index is 11.4. The lowest BCUT2D eigenvalue weighted by Gasteiger charge is -2.20. The average molecular weight is 234 g/mol. The molecule has 0 spiro atoms. The molecule has 2 unspecified atom stereocenters. The molecule has 1 aliphatic heterocycles. The molecule has 1 saturated heterocycles. The third kappa shape index (κ3) is 3.28. The van der Waals surface area contributed by atoms with E-state index in [1.165, 1.54) is 0 Å². The van der Waals surface area contributed by atoms with Gasteiger partial charge >= 0.3 is 0 Å². The van der Waals surface area contributed by atoms with Gasteiger partial charge in [-0.1, -0.05) is 30.3 Å². The molecule has 3 N–H and O–H groups in total. The van der Waals surface area contributed by atoms with Crippen LogP contribution < -0.4 is 11.1 Å². The second-order valence-corrected chi connectivity index (χ2v) is 4.37. The van der Waals surface area contributed by atoms with Gasteiger partial charge in [-0.3, -0.25) is 4.79 Å². The molecule has 1 fully saturated rings. The Labute approximate surface area is 101 Å². The Balaban J connectivity index is 1.92. The molecular weight excluding hydrogens is 216 g/mol. The standard InChI is InChI=1S/C13H18N2O2/c14-13(16)12(11-6-7-17-9-11)15-8-10-4-2-1-3-5-10/h1-5,11-12,15H,6-9H2,(H2,14,16). The molecule has 2 atom stereocenters. The molecule has 2 rings (SSSR count). The topological polar surface area (TPSA) is 64.4 Å². The normalized spacial score (nSPS) is 21.3. The number of hydrogen-bond acceptors (Lipinski definition) is 3. The van der Waals surface area contributed by atoms with Gasteiger partial charge in [-0.15, -0.1) is 0 Å². The van der Waals surface area contributed by atoms with E-state index in [0.29, 0.717) is 13.2 Å². The van der Waals surface area contributed by atoms with Crippen LogP contribution in [0.5, 0.6) is 0 Å². The van der Waals surface area contributed by atoms with Gasteiger partial charge in [-0.2, -0.15) is 0 Å². The molecule has 1 amide bonds. The van der Waals surface area contributed by atoms with E-state index >= 15 is 0 Å². The largest absolute Gasteiger partial charge is 0.381 e. The second kappa shape index (κ2) is 5.80. The van der Waals surface area contributed by atoms with Crippen LogP contribution in [0.25, 0.3) is 0 Å². The zero-order valence-electron chi connectivity index (χ0n) is 9.76. The van der Waals surface area contributed by atoms with Crippen LogP contribution in [0.2, 0.25) is 0 Å². The van der Waals surface area contributed by atoms with Crippen LogP contribution >= 0.6 is 0 Å². The molecule has 4 heteroatoms. The lowest BCUT2D eigenvalue weighted by Crippen LogP contribution is -2.46. The summed E-state index contributed by atoms with van der Waals surface area (Å²) in [6, 6.07) is 9.69. The van der Waals surface area contributed by atoms with E-state index in [-0.39, 0.29) is 17.9 Å². The summed E-state index contributed by atoms with van der Waals surface area (Å²) in [7, 11) is 0. The minimum atomic E-state index is -0.295. The maximum absolute atomic E-state index is 11.4. The highest BCUT2D eigenvalue weighted by Crippen LogP contribution is 2.17. The molecular formula is C13H18N2O2. The maximum Gasteiger partial charge on any atom is 0.234 e. The van der Waals surface area contributed by atoms with Crippen LogP contribution in [-0.4, -0.2) is 25.2 Å². The molecule has 0 aromatic heterocycles. The van der Waals surface area contributed by atoms with Gasteiger partial charge in [0.05, 0.1) is 12.6 Å². The fourth-order valence-corrected chi connectivity index (χ4v) is 2.14. The van der Waals surface area contributed by atoms with E-state index in [1.807, 2.05) is 30.3 Å². The lowest BCUT2D eigenvalue weighted by molar-refractivity contribution is -0.121. The number of ether oxygens (including phenoxy) is 1. The second-order valence-electron chi connectivity index (χ2n) is 4.37. The molecule has 92 valence electrons. The number of nitrogens with two attached hydrogens (primary N) is 1. The van der Waals surface area contributed by atoms with Crippen LogP contribution in [0.15, 0.2) is 30.3 Å². The van der Waals surface area contributed by atoms with E-state index in [0.717, 1.165) is 18.6 Å². The van der Waals surface area contributed by atoms with Crippen molar-refractivity contribution in [2.24, 2.45) is 11.7 Å². The van der Waals surface area contributed by atoms with Crippen molar-refractivity contribution in [2.75, 3.05) is 13.2 Å². The Hall–Kier alpha value is -1.39. The zero-order chi connectivity index (χ0) is 12.1. The smallest absolute Gasteiger partial charge is 0.234 e. The Morgan fingerprint density at radius 3 is 2.82 bits per heavy atom. The first-order valence-corrected chi connectivity index (χ1v) is 5.92. The van der Waals surface area contributed by atoms with Crippen molar-refractivity contribution in [3.63, 3.8) is 0 Å². The van der Waals surface area contributed by atoms with Crippen molar-refractivity contribution in [2.45, 2.75) is 19.0 Å². The molecule has 0 bridgehead atoms. The third-order valence-electron chi connectivity index (χ3n) is 3.11. The minimum absolute atomic E-state index is 0.205. The lowest BCUT2D eigenvalue weighted by atomic mass is 9.98. The highest BCUT2D eigenvalue weighted by atomic mass is 16.5. The summed E-state index contributed by atoms with van der Waals surface area (Å²) in [5, 5.41) is 3.22. The number of benzene rings is 1. The summed E-state index contributed by atoms with van der Waals surface area (Å²) in [4.78, 5) is 11.4. The molecule has 0 saturated carbocycles. The Kier molecular flexibility index (Phi) is 4.12. The number of rotatable bonds is 5. The molecule has 1 aromatic carbocycles. The first kappa shape index (κ1) is 12.1. The van der Waals surface area contributed by atoms with Crippen molar-refractivity contribution in [1.29, 1.82) is 0 Å². The summed E-state index contributed by atoms with van der Waals surface area (Å²) in [5.74, 6) is -0.0901. The highest BCUT2D eigenvalue weighted by molar-refractivity contribution is 5.80. The van der Waals surface area contributed by atoms with Crippen molar-refractivity contribution in [1.82, 2.24) is 5.32 Å². The molecule has 1 aromatic rings. The summed E-state index contributed by atoms with van der Waals surface area (Å²) in [5.41, 5.74) is 6.57. The molecule has 1 aliphatic rings. The van der Waals surface area contributed by atoms with E-state index in [9.17, 15) is 4.79 Å². The number of carbonyl (C=O) groups excluding carboxylic acids is 1. The summed E-state index contributed by atoms with van der Waals surface area (Å²) in [6.07, 6.45) is 0.898. The van der Waals surface area contributed by atoms with Crippen LogP contribution in [0.3, 0.4) is 0 Å². The van der Waals surface area contributed by atoms with Gasteiger partial charge in [-0.25, -0.2) is 0 Å². The quantitative estimate of drug-likeness (QED) is 0.787. The van der Waals surface area contributed by atoms with Crippen LogP contribution in [0.1, 0.15) is 12.0 Å². The number of carbonyl (C=O) groups is 1. The fraction of sp³-hybridized carbons (Fsp3) is 0.462. The molecule has 0 radical (unpaired) electrons. The number of hydrogen-bond donors (Lipinski definition) is 2. The van der Waals surface area contributed by atoms with Gasteiger partial charge in [0.25, 0.3) is 0 Å². The predicted molar refractivity (Wildman–Crippen MR) is 65.2 cm³/mol. The Bertz CT molecular complexity index is 361. The van der Waals surface area contributed by atoms with E-state index in [2.05, 4.69) is 5.32 Å². The summed E-state index contributed by atoms with van der Waals surface area (Å²) >= 11 is 0. The van der Waals surface area contributed by atoms with E-state index < -0.39 is 0 Å². The first-order chi connectivity index (χ1) is 8.27. The van der Waals surface area contributed by atoms with Gasteiger partial charge < -0.3 is 15.8 Å². The molecule has 1 heterocycles. The number of primary amides is 1. The van der Waals surface area contributed by atoms with Gasteiger partial charge in [0.2, 0.25) is 5.91 Å². The van der Waals surface area contributed by atoms with Gasteiger partial charge in [0.15, 0.2) is 0 Å². The zero-order valence-corrected chi connectivity index (χ0v) is 9.76. The van der Waals surface area contributed by atoms with Crippen LogP contribution in [-0.2, 0) is 16.1 Å². The molecule has 17 heavy (non-hydrogen) atoms. The van der Waals surface area contributed by atoms with Crippen molar-refractivity contribution in [3.8, 4) is 0 Å². The molecule has 4 nitrogen and oxygen atoms in total. The average Bonchev–Trinajstić information content (AvgIpc) is 2.84. The molecule has 0 aliphatic carbocycles. The highest BCUT2D eigenvalue weighted by Gasteiger charge is 2.29. The SMILES string of the molecule is NC(=O)C(NCc1ccccc1)C1CCOC1. The van der Waals surface area contributed by atoms with Gasteiger partial charge in [0.1, 0.15) is 0 Å².